The summed E-state index contributed by atoms with van der Waals surface area (Å²) in [6.07, 6.45) is 6.83. The van der Waals surface area contributed by atoms with Gasteiger partial charge in [-0.1, -0.05) is 43.3 Å². The summed E-state index contributed by atoms with van der Waals surface area (Å²) < 4.78 is 5.70. The minimum atomic E-state index is 0.486. The van der Waals surface area contributed by atoms with Crippen LogP contribution in [0.1, 0.15) is 24.5 Å². The smallest absolute Gasteiger partial charge is 0.225 e. The molecule has 1 aromatic heterocycles. The Morgan fingerprint density at radius 1 is 1.24 bits per heavy atom. The van der Waals surface area contributed by atoms with Crippen molar-refractivity contribution < 1.29 is 4.74 Å². The van der Waals surface area contributed by atoms with Gasteiger partial charge in [0.25, 0.3) is 0 Å². The number of rotatable bonds is 7. The van der Waals surface area contributed by atoms with Gasteiger partial charge >= 0.3 is 0 Å². The summed E-state index contributed by atoms with van der Waals surface area (Å²) in [6, 6.07) is 10.1. The van der Waals surface area contributed by atoms with Gasteiger partial charge < -0.3 is 10.1 Å². The maximum atomic E-state index is 5.70. The predicted molar refractivity (Wildman–Crippen MR) is 86.5 cm³/mol. The van der Waals surface area contributed by atoms with Crippen LogP contribution in [0.3, 0.4) is 0 Å². The Morgan fingerprint density at radius 2 is 2.05 bits per heavy atom. The van der Waals surface area contributed by atoms with E-state index in [0.717, 1.165) is 24.1 Å². The molecule has 0 aliphatic rings. The highest BCUT2D eigenvalue weighted by Crippen LogP contribution is 2.15. The average Bonchev–Trinajstić information content (AvgIpc) is 2.53. The molecule has 0 saturated carbocycles. The minimum absolute atomic E-state index is 0.486. The van der Waals surface area contributed by atoms with Gasteiger partial charge in [-0.25, -0.2) is 4.98 Å². The summed E-state index contributed by atoms with van der Waals surface area (Å²) >= 11 is 0. The van der Waals surface area contributed by atoms with Gasteiger partial charge in [0.15, 0.2) is 0 Å². The fourth-order valence-corrected chi connectivity index (χ4v) is 1.77. The van der Waals surface area contributed by atoms with Crippen LogP contribution in [0, 0.1) is 6.92 Å². The first-order chi connectivity index (χ1) is 10.3. The van der Waals surface area contributed by atoms with Crippen LogP contribution in [0.4, 0.5) is 5.95 Å². The van der Waals surface area contributed by atoms with Crippen molar-refractivity contribution in [2.75, 3.05) is 18.5 Å². The fraction of sp³-hybridized carbons (Fsp3) is 0.294. The van der Waals surface area contributed by atoms with E-state index in [2.05, 4.69) is 34.3 Å². The zero-order chi connectivity index (χ0) is 14.9. The van der Waals surface area contributed by atoms with E-state index in [4.69, 9.17) is 4.74 Å². The summed E-state index contributed by atoms with van der Waals surface area (Å²) in [5.41, 5.74) is 2.09. The van der Waals surface area contributed by atoms with E-state index in [1.807, 2.05) is 37.3 Å². The van der Waals surface area contributed by atoms with Crippen LogP contribution in [-0.4, -0.2) is 23.1 Å². The standard InChI is InChI=1S/C17H21N3O/c1-3-11-18-17-19-13-14(2)16(20-17)21-12-7-10-15-8-5-4-6-9-15/h4-10,13H,3,11-12H2,1-2H3,(H,18,19,20)/b10-7+. The number of hydrogen-bond acceptors (Lipinski definition) is 4. The molecule has 0 aliphatic carbocycles. The maximum Gasteiger partial charge on any atom is 0.225 e. The van der Waals surface area contributed by atoms with Crippen LogP contribution in [0.5, 0.6) is 5.88 Å². The van der Waals surface area contributed by atoms with E-state index in [1.165, 1.54) is 0 Å². The Labute approximate surface area is 125 Å². The third kappa shape index (κ3) is 4.91. The van der Waals surface area contributed by atoms with Gasteiger partial charge in [-0.05, 0) is 25.0 Å². The van der Waals surface area contributed by atoms with Crippen molar-refractivity contribution in [2.24, 2.45) is 0 Å². The van der Waals surface area contributed by atoms with E-state index in [1.54, 1.807) is 6.20 Å². The van der Waals surface area contributed by atoms with Crippen LogP contribution < -0.4 is 10.1 Å². The van der Waals surface area contributed by atoms with E-state index >= 15 is 0 Å². The molecule has 21 heavy (non-hydrogen) atoms. The topological polar surface area (TPSA) is 47.0 Å². The molecule has 0 bridgehead atoms. The number of nitrogens with zero attached hydrogens (tertiary/aromatic N) is 2. The van der Waals surface area contributed by atoms with Gasteiger partial charge in [0, 0.05) is 18.3 Å². The molecule has 0 amide bonds. The summed E-state index contributed by atoms with van der Waals surface area (Å²) in [6.45, 7) is 5.39. The van der Waals surface area contributed by atoms with Gasteiger partial charge in [-0.2, -0.15) is 4.98 Å². The van der Waals surface area contributed by atoms with Crippen molar-refractivity contribution in [3.8, 4) is 5.88 Å². The SMILES string of the molecule is CCCNc1ncc(C)c(OC/C=C/c2ccccc2)n1. The molecule has 1 heterocycles. The average molecular weight is 283 g/mol. The lowest BCUT2D eigenvalue weighted by Gasteiger charge is -2.08. The molecular formula is C17H21N3O. The first-order valence-electron chi connectivity index (χ1n) is 7.21. The lowest BCUT2D eigenvalue weighted by Crippen LogP contribution is -2.06. The second-order valence-electron chi connectivity index (χ2n) is 4.73. The fourth-order valence-electron chi connectivity index (χ4n) is 1.77. The number of anilines is 1. The zero-order valence-electron chi connectivity index (χ0n) is 12.5. The molecular weight excluding hydrogens is 262 g/mol. The van der Waals surface area contributed by atoms with Gasteiger partial charge in [0.05, 0.1) is 0 Å². The lowest BCUT2D eigenvalue weighted by atomic mass is 10.2. The molecule has 110 valence electrons. The quantitative estimate of drug-likeness (QED) is 0.841. The molecule has 0 atom stereocenters. The first-order valence-corrected chi connectivity index (χ1v) is 7.21. The highest BCUT2D eigenvalue weighted by atomic mass is 16.5. The number of aryl methyl sites for hydroxylation is 1. The number of nitrogens with one attached hydrogen (secondary N) is 1. The first kappa shape index (κ1) is 15.0. The van der Waals surface area contributed by atoms with E-state index < -0.39 is 0 Å². The predicted octanol–water partition coefficient (Wildman–Crippen LogP) is 3.70. The van der Waals surface area contributed by atoms with E-state index in [0.29, 0.717) is 18.4 Å². The molecule has 0 radical (unpaired) electrons. The number of ether oxygens (including phenoxy) is 1. The minimum Gasteiger partial charge on any atom is -0.473 e. The Hall–Kier alpha value is -2.36. The largest absolute Gasteiger partial charge is 0.473 e. The molecule has 0 aliphatic heterocycles. The zero-order valence-corrected chi connectivity index (χ0v) is 12.5. The van der Waals surface area contributed by atoms with Crippen LogP contribution >= 0.6 is 0 Å². The third-order valence-electron chi connectivity index (χ3n) is 2.88. The second kappa shape index (κ2) is 8.04. The maximum absolute atomic E-state index is 5.70. The Kier molecular flexibility index (Phi) is 5.76. The number of hydrogen-bond donors (Lipinski definition) is 1. The van der Waals surface area contributed by atoms with Crippen molar-refractivity contribution in [3.05, 3.63) is 53.7 Å². The van der Waals surface area contributed by atoms with Crippen LogP contribution in [-0.2, 0) is 0 Å². The summed E-state index contributed by atoms with van der Waals surface area (Å²) in [7, 11) is 0. The van der Waals surface area contributed by atoms with Crippen molar-refractivity contribution in [2.45, 2.75) is 20.3 Å². The Bertz CT molecular complexity index is 582. The van der Waals surface area contributed by atoms with Crippen LogP contribution in [0.2, 0.25) is 0 Å². The molecule has 0 saturated heterocycles. The van der Waals surface area contributed by atoms with E-state index in [-0.39, 0.29) is 0 Å². The van der Waals surface area contributed by atoms with Gasteiger partial charge in [0.2, 0.25) is 11.8 Å². The van der Waals surface area contributed by atoms with Crippen LogP contribution in [0.15, 0.2) is 42.6 Å². The summed E-state index contributed by atoms with van der Waals surface area (Å²) in [4.78, 5) is 8.61. The monoisotopic (exact) mass is 283 g/mol. The normalized spacial score (nSPS) is 10.8. The molecule has 1 N–H and O–H groups in total. The number of aromatic nitrogens is 2. The summed E-state index contributed by atoms with van der Waals surface area (Å²) in [5.74, 6) is 1.24. The Balaban J connectivity index is 1.91. The lowest BCUT2D eigenvalue weighted by molar-refractivity contribution is 0.346. The van der Waals surface area contributed by atoms with Crippen molar-refractivity contribution in [3.63, 3.8) is 0 Å². The van der Waals surface area contributed by atoms with Crippen molar-refractivity contribution in [1.82, 2.24) is 9.97 Å². The molecule has 0 fully saturated rings. The highest BCUT2D eigenvalue weighted by Gasteiger charge is 2.03. The second-order valence-corrected chi connectivity index (χ2v) is 4.73. The molecule has 2 aromatic rings. The van der Waals surface area contributed by atoms with Crippen LogP contribution in [0.25, 0.3) is 6.08 Å². The molecule has 0 unspecified atom stereocenters. The van der Waals surface area contributed by atoms with Crippen molar-refractivity contribution >= 4 is 12.0 Å². The van der Waals surface area contributed by atoms with Gasteiger partial charge in [-0.15, -0.1) is 0 Å². The van der Waals surface area contributed by atoms with Gasteiger partial charge in [0.1, 0.15) is 6.61 Å². The third-order valence-corrected chi connectivity index (χ3v) is 2.88. The highest BCUT2D eigenvalue weighted by molar-refractivity contribution is 5.48. The summed E-state index contributed by atoms with van der Waals surface area (Å²) in [5, 5.41) is 3.16. The molecule has 1 aromatic carbocycles. The van der Waals surface area contributed by atoms with E-state index in [9.17, 15) is 0 Å². The molecule has 4 heteroatoms. The molecule has 2 rings (SSSR count). The Morgan fingerprint density at radius 3 is 2.81 bits per heavy atom. The van der Waals surface area contributed by atoms with Gasteiger partial charge in [-0.3, -0.25) is 0 Å². The molecule has 4 nitrogen and oxygen atoms in total. The molecule has 0 spiro atoms. The van der Waals surface area contributed by atoms with Crippen molar-refractivity contribution in [1.29, 1.82) is 0 Å². The number of benzene rings is 1.